The molecule has 1 aromatic carbocycles. The smallest absolute Gasteiger partial charge is 0.0301 e. The summed E-state index contributed by atoms with van der Waals surface area (Å²) >= 11 is 0. The van der Waals surface area contributed by atoms with Crippen LogP contribution in [0.25, 0.3) is 0 Å². The topological polar surface area (TPSA) is 12.4 Å². The van der Waals surface area contributed by atoms with Crippen LogP contribution >= 0.6 is 0 Å². The van der Waals surface area contributed by atoms with Crippen LogP contribution in [0, 0.1) is 0 Å². The lowest BCUT2D eigenvalue weighted by molar-refractivity contribution is 0.611. The predicted molar refractivity (Wildman–Crippen MR) is 61.0 cm³/mol. The molecule has 0 aliphatic heterocycles. The average molecular weight is 187 g/mol. The fraction of sp³-hybridized carbons (Fsp3) is 0.462. The first-order valence-corrected chi connectivity index (χ1v) is 5.36. The van der Waals surface area contributed by atoms with Crippen molar-refractivity contribution in [1.29, 1.82) is 0 Å². The Morgan fingerprint density at radius 3 is 2.36 bits per heavy atom. The summed E-state index contributed by atoms with van der Waals surface area (Å²) in [6.45, 7) is 0. The van der Waals surface area contributed by atoms with Crippen LogP contribution in [0.5, 0.6) is 0 Å². The standard InChI is InChI=1S/C13H17N/c1-14-11-13(9-5-6-10-13)12-7-3-2-4-8-12/h2-4,7-8,11H,5-6,9-10H2,1H3/b14-11-. The van der Waals surface area contributed by atoms with E-state index >= 15 is 0 Å². The van der Waals surface area contributed by atoms with E-state index in [4.69, 9.17) is 0 Å². The molecule has 0 saturated heterocycles. The van der Waals surface area contributed by atoms with Gasteiger partial charge in [0.15, 0.2) is 0 Å². The largest absolute Gasteiger partial charge is 0.300 e. The molecular formula is C13H17N. The Balaban J connectivity index is 2.36. The van der Waals surface area contributed by atoms with Gasteiger partial charge in [0.1, 0.15) is 0 Å². The molecule has 0 unspecified atom stereocenters. The Morgan fingerprint density at radius 1 is 1.14 bits per heavy atom. The number of hydrogen-bond acceptors (Lipinski definition) is 1. The summed E-state index contributed by atoms with van der Waals surface area (Å²) in [4.78, 5) is 4.24. The molecule has 1 aliphatic carbocycles. The second-order valence-electron chi connectivity index (χ2n) is 4.12. The lowest BCUT2D eigenvalue weighted by Gasteiger charge is -2.24. The molecule has 0 spiro atoms. The van der Waals surface area contributed by atoms with Gasteiger partial charge in [0.25, 0.3) is 0 Å². The molecule has 0 heterocycles. The van der Waals surface area contributed by atoms with Crippen molar-refractivity contribution in [3.8, 4) is 0 Å². The predicted octanol–water partition coefficient (Wildman–Crippen LogP) is 3.20. The highest BCUT2D eigenvalue weighted by Gasteiger charge is 2.33. The maximum absolute atomic E-state index is 4.24. The molecule has 14 heavy (non-hydrogen) atoms. The second kappa shape index (κ2) is 3.95. The van der Waals surface area contributed by atoms with Gasteiger partial charge in [-0.05, 0) is 18.4 Å². The van der Waals surface area contributed by atoms with Gasteiger partial charge >= 0.3 is 0 Å². The lowest BCUT2D eigenvalue weighted by atomic mass is 9.80. The van der Waals surface area contributed by atoms with Gasteiger partial charge in [-0.25, -0.2) is 0 Å². The minimum absolute atomic E-state index is 0.246. The molecule has 0 N–H and O–H groups in total. The summed E-state index contributed by atoms with van der Waals surface area (Å²) in [7, 11) is 1.88. The van der Waals surface area contributed by atoms with E-state index in [1.807, 2.05) is 7.05 Å². The highest BCUT2D eigenvalue weighted by atomic mass is 14.7. The van der Waals surface area contributed by atoms with Crippen molar-refractivity contribution in [3.63, 3.8) is 0 Å². The maximum Gasteiger partial charge on any atom is 0.0301 e. The van der Waals surface area contributed by atoms with Gasteiger partial charge in [0.2, 0.25) is 0 Å². The zero-order valence-electron chi connectivity index (χ0n) is 8.74. The van der Waals surface area contributed by atoms with E-state index in [1.165, 1.54) is 31.2 Å². The number of hydrogen-bond donors (Lipinski definition) is 0. The molecule has 2 rings (SSSR count). The highest BCUT2D eigenvalue weighted by Crippen LogP contribution is 2.39. The minimum Gasteiger partial charge on any atom is -0.300 e. The van der Waals surface area contributed by atoms with Crippen LogP contribution in [-0.4, -0.2) is 13.3 Å². The number of rotatable bonds is 2. The summed E-state index contributed by atoms with van der Waals surface area (Å²) in [5.74, 6) is 0. The van der Waals surface area contributed by atoms with Gasteiger partial charge in [-0.2, -0.15) is 0 Å². The van der Waals surface area contributed by atoms with Crippen LogP contribution in [0.4, 0.5) is 0 Å². The summed E-state index contributed by atoms with van der Waals surface area (Å²) in [5, 5.41) is 0. The zero-order chi connectivity index (χ0) is 9.86. The van der Waals surface area contributed by atoms with Gasteiger partial charge in [-0.15, -0.1) is 0 Å². The molecule has 1 saturated carbocycles. The van der Waals surface area contributed by atoms with Crippen LogP contribution in [-0.2, 0) is 5.41 Å². The van der Waals surface area contributed by atoms with Crippen molar-refractivity contribution < 1.29 is 0 Å². The molecule has 0 radical (unpaired) electrons. The number of benzene rings is 1. The molecule has 1 nitrogen and oxygen atoms in total. The molecule has 0 atom stereocenters. The molecule has 0 aromatic heterocycles. The second-order valence-corrected chi connectivity index (χ2v) is 4.12. The van der Waals surface area contributed by atoms with E-state index < -0.39 is 0 Å². The molecule has 1 fully saturated rings. The molecule has 0 bridgehead atoms. The monoisotopic (exact) mass is 187 g/mol. The number of nitrogens with zero attached hydrogens (tertiary/aromatic N) is 1. The Labute approximate surface area is 85.9 Å². The van der Waals surface area contributed by atoms with E-state index in [1.54, 1.807) is 0 Å². The quantitative estimate of drug-likeness (QED) is 0.630. The molecule has 1 aliphatic rings. The fourth-order valence-electron chi connectivity index (χ4n) is 2.52. The van der Waals surface area contributed by atoms with E-state index in [2.05, 4.69) is 41.5 Å². The zero-order valence-corrected chi connectivity index (χ0v) is 8.74. The van der Waals surface area contributed by atoms with E-state index in [0.717, 1.165) is 0 Å². The summed E-state index contributed by atoms with van der Waals surface area (Å²) < 4.78 is 0. The molecule has 0 amide bonds. The average Bonchev–Trinajstić information content (AvgIpc) is 2.70. The van der Waals surface area contributed by atoms with E-state index in [9.17, 15) is 0 Å². The minimum atomic E-state index is 0.246. The van der Waals surface area contributed by atoms with Crippen molar-refractivity contribution in [3.05, 3.63) is 35.9 Å². The highest BCUT2D eigenvalue weighted by molar-refractivity contribution is 5.74. The van der Waals surface area contributed by atoms with Crippen molar-refractivity contribution >= 4 is 6.21 Å². The third kappa shape index (κ3) is 1.59. The summed E-state index contributed by atoms with van der Waals surface area (Å²) in [6.07, 6.45) is 7.33. The van der Waals surface area contributed by atoms with Crippen LogP contribution in [0.1, 0.15) is 31.2 Å². The van der Waals surface area contributed by atoms with Gasteiger partial charge in [-0.1, -0.05) is 43.2 Å². The summed E-state index contributed by atoms with van der Waals surface area (Å²) in [5.41, 5.74) is 1.68. The first-order chi connectivity index (χ1) is 6.87. The van der Waals surface area contributed by atoms with Crippen molar-refractivity contribution in [2.24, 2.45) is 4.99 Å². The van der Waals surface area contributed by atoms with Gasteiger partial charge in [0, 0.05) is 18.7 Å². The molecular weight excluding hydrogens is 170 g/mol. The first kappa shape index (κ1) is 9.45. The van der Waals surface area contributed by atoms with Crippen molar-refractivity contribution in [2.75, 3.05) is 7.05 Å². The third-order valence-electron chi connectivity index (χ3n) is 3.22. The van der Waals surface area contributed by atoms with Gasteiger partial charge in [0.05, 0.1) is 0 Å². The van der Waals surface area contributed by atoms with Gasteiger partial charge in [-0.3, -0.25) is 4.99 Å². The van der Waals surface area contributed by atoms with Crippen molar-refractivity contribution in [2.45, 2.75) is 31.1 Å². The van der Waals surface area contributed by atoms with Crippen LogP contribution in [0.2, 0.25) is 0 Å². The lowest BCUT2D eigenvalue weighted by Crippen LogP contribution is -2.23. The van der Waals surface area contributed by atoms with E-state index in [0.29, 0.717) is 0 Å². The maximum atomic E-state index is 4.24. The van der Waals surface area contributed by atoms with Crippen LogP contribution < -0.4 is 0 Å². The Hall–Kier alpha value is -1.11. The third-order valence-corrected chi connectivity index (χ3v) is 3.22. The normalized spacial score (nSPS) is 20.4. The first-order valence-electron chi connectivity index (χ1n) is 5.36. The number of aliphatic imine (C=N–C) groups is 1. The van der Waals surface area contributed by atoms with Gasteiger partial charge < -0.3 is 0 Å². The van der Waals surface area contributed by atoms with Crippen LogP contribution in [0.3, 0.4) is 0 Å². The molecule has 1 aromatic rings. The Bertz CT molecular complexity index is 307. The molecule has 1 heteroatoms. The Kier molecular flexibility index (Phi) is 2.67. The molecule has 74 valence electrons. The fourth-order valence-corrected chi connectivity index (χ4v) is 2.52. The Morgan fingerprint density at radius 2 is 1.79 bits per heavy atom. The van der Waals surface area contributed by atoms with Crippen molar-refractivity contribution in [1.82, 2.24) is 0 Å². The van der Waals surface area contributed by atoms with Crippen LogP contribution in [0.15, 0.2) is 35.3 Å². The SMILES string of the molecule is C/N=C\C1(c2ccccc2)CCCC1. The van der Waals surface area contributed by atoms with E-state index in [-0.39, 0.29) is 5.41 Å². The summed E-state index contributed by atoms with van der Waals surface area (Å²) in [6, 6.07) is 10.8.